The monoisotopic (exact) mass is 442 g/mol. The molecule has 0 spiro atoms. The topological polar surface area (TPSA) is 99.8 Å². The van der Waals surface area contributed by atoms with Crippen LogP contribution in [0.15, 0.2) is 36.6 Å². The summed E-state index contributed by atoms with van der Waals surface area (Å²) in [4.78, 5) is 4.94. The minimum atomic E-state index is 0.0732. The third-order valence-electron chi connectivity index (χ3n) is 6.27. The number of aliphatic hydroxyl groups is 1. The molecule has 8 heteroatoms. The average Bonchev–Trinajstić information content (AvgIpc) is 3.05. The van der Waals surface area contributed by atoms with Crippen molar-refractivity contribution in [1.29, 1.82) is 0 Å². The fourth-order valence-corrected chi connectivity index (χ4v) is 4.81. The van der Waals surface area contributed by atoms with Crippen LogP contribution in [0.1, 0.15) is 39.3 Å². The average molecular weight is 443 g/mol. The summed E-state index contributed by atoms with van der Waals surface area (Å²) >= 11 is 0. The number of fused-ring (bicyclic) bond motifs is 2. The van der Waals surface area contributed by atoms with Gasteiger partial charge in [0.25, 0.3) is 0 Å². The highest BCUT2D eigenvalue weighted by molar-refractivity contribution is 5.78. The van der Waals surface area contributed by atoms with Crippen molar-refractivity contribution in [3.8, 4) is 0 Å². The molecule has 0 amide bonds. The van der Waals surface area contributed by atoms with Gasteiger partial charge in [-0.25, -0.2) is 0 Å². The van der Waals surface area contributed by atoms with Crippen LogP contribution >= 0.6 is 0 Å². The quantitative estimate of drug-likeness (QED) is 0.457. The molecule has 3 unspecified atom stereocenters. The Kier molecular flexibility index (Phi) is 8.67. The van der Waals surface area contributed by atoms with Crippen molar-refractivity contribution in [2.24, 2.45) is 0 Å². The molecule has 32 heavy (non-hydrogen) atoms. The second-order valence-corrected chi connectivity index (χ2v) is 8.19. The Bertz CT molecular complexity index is 820. The Balaban J connectivity index is 0.00000141. The van der Waals surface area contributed by atoms with Crippen molar-refractivity contribution >= 4 is 17.1 Å². The number of aromatic nitrogens is 2. The molecule has 0 saturated carbocycles. The number of rotatable bonds is 6. The van der Waals surface area contributed by atoms with Crippen LogP contribution in [0, 0.1) is 0 Å². The number of nitrogens with two attached hydrogens (primary N) is 1. The van der Waals surface area contributed by atoms with Crippen LogP contribution < -0.4 is 16.0 Å². The number of hydrogen-bond acceptors (Lipinski definition) is 8. The summed E-state index contributed by atoms with van der Waals surface area (Å²) in [5.41, 5.74) is 8.28. The Hall–Kier alpha value is -2.42. The molecule has 3 aliphatic rings. The van der Waals surface area contributed by atoms with Gasteiger partial charge in [0.2, 0.25) is 0 Å². The zero-order chi connectivity index (χ0) is 23.1. The number of anilines is 2. The first-order chi connectivity index (χ1) is 15.6. The van der Waals surface area contributed by atoms with E-state index in [1.165, 1.54) is 18.9 Å². The standard InChI is InChI=1S/C22H32N6O2.C2H6/c1-3-5-18(21(29)4-2)19-10-20(22(23)26-25-19)27-12-15-6-7-16(13-27)28(15)14-17-11-24-8-9-30-17;1-2/h3-5,10,15-17,24,29H,2,6-9,11-14H2,1H3,(H2,23,26);1-2H3/b5-3-,21-18-;. The molecule has 8 nitrogen and oxygen atoms in total. The first-order valence-electron chi connectivity index (χ1n) is 11.8. The van der Waals surface area contributed by atoms with Gasteiger partial charge < -0.3 is 25.8 Å². The number of allylic oxidation sites excluding steroid dienone is 4. The Labute approximate surface area is 191 Å². The fourth-order valence-electron chi connectivity index (χ4n) is 4.81. The summed E-state index contributed by atoms with van der Waals surface area (Å²) in [5, 5.41) is 22.1. The molecule has 2 bridgehead atoms. The SMILES string of the molecule is C=C/C(O)=C(\C=C/C)c1cc(N2CC3CCC(C2)N3CC2CNCCO2)c(N)nn1.CC. The highest BCUT2D eigenvalue weighted by Gasteiger charge is 2.41. The molecule has 0 radical (unpaired) electrons. The molecule has 4 heterocycles. The Morgan fingerprint density at radius 3 is 2.62 bits per heavy atom. The summed E-state index contributed by atoms with van der Waals surface area (Å²) in [6.07, 6.45) is 7.72. The van der Waals surface area contributed by atoms with Crippen LogP contribution in [-0.4, -0.2) is 77.7 Å². The van der Waals surface area contributed by atoms with Crippen LogP contribution in [0.4, 0.5) is 11.5 Å². The first-order valence-corrected chi connectivity index (χ1v) is 11.8. The van der Waals surface area contributed by atoms with Gasteiger partial charge >= 0.3 is 0 Å². The maximum atomic E-state index is 10.2. The Morgan fingerprint density at radius 1 is 1.31 bits per heavy atom. The van der Waals surface area contributed by atoms with E-state index in [1.807, 2.05) is 32.9 Å². The van der Waals surface area contributed by atoms with E-state index in [4.69, 9.17) is 10.5 Å². The predicted molar refractivity (Wildman–Crippen MR) is 131 cm³/mol. The molecule has 4 rings (SSSR count). The maximum absolute atomic E-state index is 10.2. The molecule has 3 fully saturated rings. The molecule has 0 aromatic carbocycles. The minimum Gasteiger partial charge on any atom is -0.507 e. The van der Waals surface area contributed by atoms with Gasteiger partial charge in [-0.1, -0.05) is 32.6 Å². The van der Waals surface area contributed by atoms with E-state index in [-0.39, 0.29) is 11.9 Å². The van der Waals surface area contributed by atoms with Gasteiger partial charge in [0.1, 0.15) is 5.76 Å². The van der Waals surface area contributed by atoms with Crippen molar-refractivity contribution in [3.05, 3.63) is 42.3 Å². The van der Waals surface area contributed by atoms with Crippen molar-refractivity contribution in [2.45, 2.75) is 51.8 Å². The predicted octanol–water partition coefficient (Wildman–Crippen LogP) is 2.76. The summed E-state index contributed by atoms with van der Waals surface area (Å²) in [7, 11) is 0. The molecule has 4 N–H and O–H groups in total. The van der Waals surface area contributed by atoms with Crippen molar-refractivity contribution < 1.29 is 9.84 Å². The van der Waals surface area contributed by atoms with Crippen LogP contribution in [0.2, 0.25) is 0 Å². The van der Waals surface area contributed by atoms with E-state index in [1.54, 1.807) is 6.08 Å². The minimum absolute atomic E-state index is 0.0732. The van der Waals surface area contributed by atoms with Crippen LogP contribution in [-0.2, 0) is 4.74 Å². The molecule has 176 valence electrons. The number of morpholine rings is 1. The van der Waals surface area contributed by atoms with Gasteiger partial charge in [-0.3, -0.25) is 4.90 Å². The molecule has 3 atom stereocenters. The number of hydrogen-bond donors (Lipinski definition) is 3. The summed E-state index contributed by atoms with van der Waals surface area (Å²) < 4.78 is 5.93. The first kappa shape index (κ1) is 24.2. The van der Waals surface area contributed by atoms with Crippen LogP contribution in [0.5, 0.6) is 0 Å². The van der Waals surface area contributed by atoms with Crippen molar-refractivity contribution in [2.75, 3.05) is 50.0 Å². The van der Waals surface area contributed by atoms with Gasteiger partial charge in [0, 0.05) is 50.4 Å². The number of ether oxygens (including phenoxy) is 1. The van der Waals surface area contributed by atoms with Crippen molar-refractivity contribution in [3.63, 3.8) is 0 Å². The van der Waals surface area contributed by atoms with E-state index < -0.39 is 0 Å². The lowest BCUT2D eigenvalue weighted by Crippen LogP contribution is -2.57. The molecule has 1 aromatic heterocycles. The lowest BCUT2D eigenvalue weighted by molar-refractivity contribution is -0.00716. The highest BCUT2D eigenvalue weighted by Crippen LogP contribution is 2.35. The number of aliphatic hydroxyl groups excluding tert-OH is 1. The van der Waals surface area contributed by atoms with E-state index in [0.29, 0.717) is 29.2 Å². The van der Waals surface area contributed by atoms with Crippen LogP contribution in [0.25, 0.3) is 5.57 Å². The third kappa shape index (κ3) is 5.31. The van der Waals surface area contributed by atoms with Gasteiger partial charge in [0.15, 0.2) is 5.82 Å². The zero-order valence-corrected chi connectivity index (χ0v) is 19.6. The lowest BCUT2D eigenvalue weighted by atomic mass is 10.1. The summed E-state index contributed by atoms with van der Waals surface area (Å²) in [6, 6.07) is 2.90. The van der Waals surface area contributed by atoms with Gasteiger partial charge in [-0.15, -0.1) is 10.2 Å². The molecule has 3 aliphatic heterocycles. The lowest BCUT2D eigenvalue weighted by Gasteiger charge is -2.43. The molecular formula is C24H38N6O2. The van der Waals surface area contributed by atoms with E-state index >= 15 is 0 Å². The van der Waals surface area contributed by atoms with E-state index in [2.05, 4.69) is 31.9 Å². The number of nitrogens with one attached hydrogen (secondary N) is 1. The fraction of sp³-hybridized carbons (Fsp3) is 0.583. The second kappa shape index (κ2) is 11.4. The molecular weight excluding hydrogens is 404 g/mol. The molecule has 1 aromatic rings. The van der Waals surface area contributed by atoms with Crippen LogP contribution in [0.3, 0.4) is 0 Å². The summed E-state index contributed by atoms with van der Waals surface area (Å²) in [6.45, 7) is 15.0. The maximum Gasteiger partial charge on any atom is 0.169 e. The number of piperazine rings is 1. The normalized spacial score (nSPS) is 26.5. The third-order valence-corrected chi connectivity index (χ3v) is 6.27. The highest BCUT2D eigenvalue weighted by atomic mass is 16.5. The van der Waals surface area contributed by atoms with Gasteiger partial charge in [-0.05, 0) is 31.9 Å². The molecule has 3 saturated heterocycles. The zero-order valence-electron chi connectivity index (χ0n) is 19.6. The van der Waals surface area contributed by atoms with Gasteiger partial charge in [-0.2, -0.15) is 0 Å². The van der Waals surface area contributed by atoms with E-state index in [9.17, 15) is 5.11 Å². The largest absolute Gasteiger partial charge is 0.507 e. The second-order valence-electron chi connectivity index (χ2n) is 8.19. The van der Waals surface area contributed by atoms with Crippen molar-refractivity contribution in [1.82, 2.24) is 20.4 Å². The van der Waals surface area contributed by atoms with E-state index in [0.717, 1.165) is 45.0 Å². The summed E-state index contributed by atoms with van der Waals surface area (Å²) in [5.74, 6) is 0.494. The smallest absolute Gasteiger partial charge is 0.169 e. The number of nitrogens with zero attached hydrogens (tertiary/aromatic N) is 4. The van der Waals surface area contributed by atoms with Gasteiger partial charge in [0.05, 0.1) is 24.1 Å². The number of nitrogen functional groups attached to an aromatic ring is 1. The Morgan fingerprint density at radius 2 is 2.03 bits per heavy atom. The molecule has 0 aliphatic carbocycles.